The van der Waals surface area contributed by atoms with Crippen molar-refractivity contribution in [1.82, 2.24) is 9.80 Å². The van der Waals surface area contributed by atoms with Gasteiger partial charge in [-0.05, 0) is 74.7 Å². The maximum absolute atomic E-state index is 14.2. The third-order valence-electron chi connectivity index (χ3n) is 8.11. The van der Waals surface area contributed by atoms with Gasteiger partial charge in [0.25, 0.3) is 0 Å². The molecule has 188 valence electrons. The minimum absolute atomic E-state index is 0.0580. The number of carbonyl (C=O) groups excluding carboxylic acids is 1. The first-order chi connectivity index (χ1) is 16.8. The highest BCUT2D eigenvalue weighted by atomic mass is 19.1. The lowest BCUT2D eigenvalue weighted by molar-refractivity contribution is 0.104. The highest BCUT2D eigenvalue weighted by Crippen LogP contribution is 2.48. The Balaban J connectivity index is 1.26. The molecule has 2 amide bonds. The van der Waals surface area contributed by atoms with Gasteiger partial charge in [-0.2, -0.15) is 0 Å². The Kier molecular flexibility index (Phi) is 6.34. The van der Waals surface area contributed by atoms with E-state index in [1.807, 2.05) is 4.90 Å². The van der Waals surface area contributed by atoms with Crippen LogP contribution in [0.5, 0.6) is 5.75 Å². The van der Waals surface area contributed by atoms with Gasteiger partial charge in [0.15, 0.2) is 0 Å². The number of likely N-dealkylation sites (tertiary alicyclic amines) is 1. The second-order valence-electron chi connectivity index (χ2n) is 10.3. The zero-order chi connectivity index (χ0) is 24.7. The van der Waals surface area contributed by atoms with Gasteiger partial charge in [-0.1, -0.05) is 0 Å². The van der Waals surface area contributed by atoms with E-state index in [4.69, 9.17) is 4.74 Å². The number of benzene rings is 2. The van der Waals surface area contributed by atoms with Gasteiger partial charge in [0, 0.05) is 56.9 Å². The van der Waals surface area contributed by atoms with Crippen LogP contribution in [-0.2, 0) is 5.41 Å². The summed E-state index contributed by atoms with van der Waals surface area (Å²) in [5.41, 5.74) is 2.44. The van der Waals surface area contributed by atoms with Crippen LogP contribution in [0.1, 0.15) is 31.2 Å². The Bertz CT molecular complexity index is 1090. The number of urea groups is 1. The summed E-state index contributed by atoms with van der Waals surface area (Å²) >= 11 is 0. The molecule has 0 atom stereocenters. The number of nitrogens with zero attached hydrogens (tertiary/aromatic N) is 4. The third-order valence-corrected chi connectivity index (χ3v) is 8.11. The standard InChI is InChI=1S/C27H34F2N4O2/c1-30(2)26(34)33-18-27(22-16-19(28)4-6-23(22)33)10-14-31(15-11-27)21-8-12-32(13-9-21)24-17-20(29)5-7-25(24)35-3/h4-7,16-17,21H,8-15,18H2,1-3H3. The van der Waals surface area contributed by atoms with Gasteiger partial charge < -0.3 is 19.4 Å². The first-order valence-corrected chi connectivity index (χ1v) is 12.4. The number of hydrogen-bond donors (Lipinski definition) is 0. The molecular weight excluding hydrogens is 450 g/mol. The zero-order valence-corrected chi connectivity index (χ0v) is 20.8. The van der Waals surface area contributed by atoms with Gasteiger partial charge in [0.05, 0.1) is 12.8 Å². The Morgan fingerprint density at radius 1 is 0.971 bits per heavy atom. The second kappa shape index (κ2) is 9.30. The fraction of sp³-hybridized carbons (Fsp3) is 0.519. The lowest BCUT2D eigenvalue weighted by atomic mass is 9.74. The second-order valence-corrected chi connectivity index (χ2v) is 10.3. The average molecular weight is 485 g/mol. The number of ether oxygens (including phenoxy) is 1. The molecule has 0 unspecified atom stereocenters. The van der Waals surface area contributed by atoms with Gasteiger partial charge >= 0.3 is 6.03 Å². The van der Waals surface area contributed by atoms with Crippen molar-refractivity contribution in [2.45, 2.75) is 37.1 Å². The van der Waals surface area contributed by atoms with Gasteiger partial charge in [0.2, 0.25) is 0 Å². The van der Waals surface area contributed by atoms with Gasteiger partial charge in [-0.15, -0.1) is 0 Å². The predicted octanol–water partition coefficient (Wildman–Crippen LogP) is 4.48. The molecule has 0 N–H and O–H groups in total. The van der Waals surface area contributed by atoms with E-state index in [1.165, 1.54) is 12.1 Å². The summed E-state index contributed by atoms with van der Waals surface area (Å²) in [6, 6.07) is 9.92. The van der Waals surface area contributed by atoms with Crippen LogP contribution in [0.15, 0.2) is 36.4 Å². The molecule has 2 fully saturated rings. The van der Waals surface area contributed by atoms with Crippen molar-refractivity contribution in [3.63, 3.8) is 0 Å². The van der Waals surface area contributed by atoms with Gasteiger partial charge in [-0.3, -0.25) is 4.90 Å². The largest absolute Gasteiger partial charge is 0.495 e. The van der Waals surface area contributed by atoms with E-state index in [2.05, 4.69) is 9.80 Å². The van der Waals surface area contributed by atoms with Crippen LogP contribution >= 0.6 is 0 Å². The SMILES string of the molecule is COc1ccc(F)cc1N1CCC(N2CCC3(CC2)CN(C(=O)N(C)C)c2ccc(F)cc23)CC1. The molecular formula is C27H34F2N4O2. The predicted molar refractivity (Wildman–Crippen MR) is 134 cm³/mol. The third kappa shape index (κ3) is 4.33. The van der Waals surface area contributed by atoms with Crippen LogP contribution in [0, 0.1) is 11.6 Å². The maximum atomic E-state index is 14.2. The molecule has 3 heterocycles. The zero-order valence-electron chi connectivity index (χ0n) is 20.8. The lowest BCUT2D eigenvalue weighted by Gasteiger charge is -2.45. The highest BCUT2D eigenvalue weighted by molar-refractivity contribution is 5.95. The summed E-state index contributed by atoms with van der Waals surface area (Å²) in [6.07, 6.45) is 3.81. The van der Waals surface area contributed by atoms with E-state index >= 15 is 0 Å². The van der Waals surface area contributed by atoms with Crippen molar-refractivity contribution in [1.29, 1.82) is 0 Å². The van der Waals surface area contributed by atoms with Crippen molar-refractivity contribution in [3.8, 4) is 5.75 Å². The summed E-state index contributed by atoms with van der Waals surface area (Å²) in [6.45, 7) is 4.16. The monoisotopic (exact) mass is 484 g/mol. The van der Waals surface area contributed by atoms with Crippen LogP contribution in [0.4, 0.5) is 25.0 Å². The molecule has 8 heteroatoms. The molecule has 0 aromatic heterocycles. The van der Waals surface area contributed by atoms with Crippen LogP contribution in [-0.4, -0.2) is 75.8 Å². The van der Waals surface area contributed by atoms with Crippen LogP contribution in [0.3, 0.4) is 0 Å². The molecule has 35 heavy (non-hydrogen) atoms. The van der Waals surface area contributed by atoms with E-state index in [0.717, 1.165) is 68.8 Å². The molecule has 5 rings (SSSR count). The van der Waals surface area contributed by atoms with Gasteiger partial charge in [-0.25, -0.2) is 13.6 Å². The number of methoxy groups -OCH3 is 1. The molecule has 0 radical (unpaired) electrons. The quantitative estimate of drug-likeness (QED) is 0.644. The summed E-state index contributed by atoms with van der Waals surface area (Å²) in [5, 5.41) is 0. The summed E-state index contributed by atoms with van der Waals surface area (Å²) < 4.78 is 33.6. The Morgan fingerprint density at radius 2 is 1.63 bits per heavy atom. The molecule has 2 saturated heterocycles. The van der Waals surface area contributed by atoms with E-state index in [1.54, 1.807) is 50.4 Å². The summed E-state index contributed by atoms with van der Waals surface area (Å²) in [4.78, 5) is 21.0. The van der Waals surface area contributed by atoms with Crippen LogP contribution < -0.4 is 14.5 Å². The minimum Gasteiger partial charge on any atom is -0.495 e. The minimum atomic E-state index is -0.251. The molecule has 0 saturated carbocycles. The van der Waals surface area contributed by atoms with Crippen LogP contribution in [0.2, 0.25) is 0 Å². The van der Waals surface area contributed by atoms with Crippen molar-refractivity contribution in [2.75, 3.05) is 63.7 Å². The fourth-order valence-electron chi connectivity index (χ4n) is 6.18. The number of halogens is 2. The molecule has 0 aliphatic carbocycles. The molecule has 1 spiro atoms. The first-order valence-electron chi connectivity index (χ1n) is 12.4. The Morgan fingerprint density at radius 3 is 2.29 bits per heavy atom. The summed E-state index contributed by atoms with van der Waals surface area (Å²) in [7, 11) is 5.13. The van der Waals surface area contributed by atoms with Crippen molar-refractivity contribution in [2.24, 2.45) is 0 Å². The van der Waals surface area contributed by atoms with E-state index in [9.17, 15) is 13.6 Å². The first kappa shape index (κ1) is 23.9. The Hall–Kier alpha value is -2.87. The van der Waals surface area contributed by atoms with Crippen molar-refractivity contribution >= 4 is 17.4 Å². The number of rotatable bonds is 3. The van der Waals surface area contributed by atoms with Crippen LogP contribution in [0.25, 0.3) is 0 Å². The number of piperidine rings is 2. The molecule has 2 aromatic rings. The molecule has 3 aliphatic rings. The van der Waals surface area contributed by atoms with Crippen molar-refractivity contribution < 1.29 is 18.3 Å². The van der Waals surface area contributed by atoms with Crippen molar-refractivity contribution in [3.05, 3.63) is 53.6 Å². The number of hydrogen-bond acceptors (Lipinski definition) is 4. The van der Waals surface area contributed by atoms with E-state index in [-0.39, 0.29) is 23.1 Å². The van der Waals surface area contributed by atoms with E-state index < -0.39 is 0 Å². The molecule has 2 aromatic carbocycles. The topological polar surface area (TPSA) is 39.3 Å². The number of anilines is 2. The highest BCUT2D eigenvalue weighted by Gasteiger charge is 2.47. The maximum Gasteiger partial charge on any atom is 0.323 e. The number of amides is 2. The average Bonchev–Trinajstić information content (AvgIpc) is 3.17. The van der Waals surface area contributed by atoms with E-state index in [0.29, 0.717) is 18.3 Å². The number of fused-ring (bicyclic) bond motifs is 2. The normalized spacial score (nSPS) is 20.3. The molecule has 3 aliphatic heterocycles. The smallest absolute Gasteiger partial charge is 0.323 e. The molecule has 0 bridgehead atoms. The number of carbonyl (C=O) groups is 1. The summed E-state index contributed by atoms with van der Waals surface area (Å²) in [5.74, 6) is 0.206. The lowest BCUT2D eigenvalue weighted by Crippen LogP contribution is -2.52. The fourth-order valence-corrected chi connectivity index (χ4v) is 6.18. The molecule has 6 nitrogen and oxygen atoms in total. The Labute approximate surface area is 206 Å². The van der Waals surface area contributed by atoms with Gasteiger partial charge in [0.1, 0.15) is 17.4 Å².